The van der Waals surface area contributed by atoms with Crippen LogP contribution in [0, 0.1) is 0 Å². The maximum Gasteiger partial charge on any atom is 0.244 e. The van der Waals surface area contributed by atoms with Crippen LogP contribution in [-0.4, -0.2) is 4.57 Å². The topological polar surface area (TPSA) is 8.81 Å². The summed E-state index contributed by atoms with van der Waals surface area (Å²) >= 11 is 5.77. The van der Waals surface area contributed by atoms with E-state index in [2.05, 4.69) is 0 Å². The zero-order valence-electron chi connectivity index (χ0n) is 5.96. The van der Waals surface area contributed by atoms with Crippen molar-refractivity contribution in [2.45, 2.75) is 12.4 Å². The van der Waals surface area contributed by atoms with E-state index in [4.69, 9.17) is 11.6 Å². The molecule has 2 nitrogen and oxygen atoms in total. The van der Waals surface area contributed by atoms with Crippen molar-refractivity contribution in [1.29, 1.82) is 0 Å². The predicted octanol–water partition coefficient (Wildman–Crippen LogP) is -1.93. The van der Waals surface area contributed by atoms with Gasteiger partial charge in [0.05, 0.1) is 7.05 Å². The summed E-state index contributed by atoms with van der Waals surface area (Å²) < 4.78 is 3.89. The summed E-state index contributed by atoms with van der Waals surface area (Å²) in [4.78, 5) is 0. The second kappa shape index (κ2) is 3.84. The number of imidazole rings is 1. The van der Waals surface area contributed by atoms with Crippen molar-refractivity contribution in [3.63, 3.8) is 0 Å². The number of hydrogen-bond donors (Lipinski definition) is 0. The molecule has 0 aliphatic rings. The van der Waals surface area contributed by atoms with Crippen molar-refractivity contribution >= 4 is 11.6 Å². The van der Waals surface area contributed by atoms with Gasteiger partial charge in [-0.05, 0) is 6.92 Å². The van der Waals surface area contributed by atoms with Gasteiger partial charge in [0.25, 0.3) is 0 Å². The van der Waals surface area contributed by atoms with Crippen LogP contribution in [0.4, 0.5) is 0 Å². The largest absolute Gasteiger partial charge is 1.00 e. The third kappa shape index (κ3) is 2.20. The lowest BCUT2D eigenvalue weighted by Gasteiger charge is -1.92. The Bertz CT molecular complexity index is 195. The molecule has 1 rings (SSSR count). The number of rotatable bonds is 1. The fourth-order valence-electron chi connectivity index (χ4n) is 0.680. The second-order valence-electron chi connectivity index (χ2n) is 2.10. The lowest BCUT2D eigenvalue weighted by Crippen LogP contribution is -3.00. The molecule has 0 aliphatic heterocycles. The zero-order valence-corrected chi connectivity index (χ0v) is 7.47. The number of aryl methyl sites for hydroxylation is 1. The molecular weight excluding hydrogens is 171 g/mol. The lowest BCUT2D eigenvalue weighted by atomic mass is 10.7. The number of halogens is 2. The Kier molecular flexibility index (Phi) is 3.76. The van der Waals surface area contributed by atoms with Crippen LogP contribution < -0.4 is 17.0 Å². The number of nitrogens with zero attached hydrogens (tertiary/aromatic N) is 2. The molecule has 1 aromatic heterocycles. The van der Waals surface area contributed by atoms with Gasteiger partial charge >= 0.3 is 0 Å². The van der Waals surface area contributed by atoms with Crippen LogP contribution in [-0.2, 0) is 7.05 Å². The van der Waals surface area contributed by atoms with Gasteiger partial charge in [-0.1, -0.05) is 11.6 Å². The molecule has 0 aromatic carbocycles. The molecule has 1 heterocycles. The molecule has 0 radical (unpaired) electrons. The Hall–Kier alpha value is -0.210. The predicted molar refractivity (Wildman–Crippen MR) is 36.2 cm³/mol. The van der Waals surface area contributed by atoms with Gasteiger partial charge in [-0.25, -0.2) is 9.13 Å². The number of alkyl halides is 1. The standard InChI is InChI=1S/C6H10ClN2.ClH/c1-6(7)9-4-3-8(2)5-9;/h3-6H,1-2H3;1H/q+1;/p-1. The molecule has 0 fully saturated rings. The van der Waals surface area contributed by atoms with E-state index >= 15 is 0 Å². The molecule has 0 bridgehead atoms. The highest BCUT2D eigenvalue weighted by atomic mass is 35.5. The second-order valence-corrected chi connectivity index (χ2v) is 2.73. The van der Waals surface area contributed by atoms with Crippen LogP contribution in [0.5, 0.6) is 0 Å². The van der Waals surface area contributed by atoms with Crippen LogP contribution in [0.1, 0.15) is 12.4 Å². The molecule has 0 N–H and O–H groups in total. The van der Waals surface area contributed by atoms with Gasteiger partial charge in [-0.15, -0.1) is 0 Å². The minimum absolute atomic E-state index is 0. The third-order valence-electron chi connectivity index (χ3n) is 1.20. The molecule has 1 aromatic rings. The van der Waals surface area contributed by atoms with Crippen molar-refractivity contribution in [3.05, 3.63) is 18.7 Å². The summed E-state index contributed by atoms with van der Waals surface area (Å²) in [6, 6.07) is 0. The fourth-order valence-corrected chi connectivity index (χ4v) is 0.795. The summed E-state index contributed by atoms with van der Waals surface area (Å²) in [5.74, 6) is 0. The van der Waals surface area contributed by atoms with Crippen molar-refractivity contribution in [2.75, 3.05) is 0 Å². The van der Waals surface area contributed by atoms with Crippen molar-refractivity contribution in [1.82, 2.24) is 4.57 Å². The van der Waals surface area contributed by atoms with Crippen molar-refractivity contribution in [3.8, 4) is 0 Å². The van der Waals surface area contributed by atoms with E-state index < -0.39 is 0 Å². The quantitative estimate of drug-likeness (QED) is 0.352. The number of aromatic nitrogens is 2. The Balaban J connectivity index is 0.000000810. The molecule has 0 amide bonds. The van der Waals surface area contributed by atoms with Crippen LogP contribution in [0.25, 0.3) is 0 Å². The van der Waals surface area contributed by atoms with E-state index in [0.29, 0.717) is 0 Å². The van der Waals surface area contributed by atoms with Gasteiger partial charge in [0, 0.05) is 0 Å². The van der Waals surface area contributed by atoms with E-state index in [0.717, 1.165) is 0 Å². The van der Waals surface area contributed by atoms with Gasteiger partial charge in [-0.2, -0.15) is 0 Å². The lowest BCUT2D eigenvalue weighted by molar-refractivity contribution is -0.671. The Labute approximate surface area is 71.8 Å². The fraction of sp³-hybridized carbons (Fsp3) is 0.500. The molecule has 0 saturated carbocycles. The first kappa shape index (κ1) is 9.79. The highest BCUT2D eigenvalue weighted by Crippen LogP contribution is 2.06. The molecule has 58 valence electrons. The zero-order chi connectivity index (χ0) is 6.85. The maximum atomic E-state index is 5.77. The van der Waals surface area contributed by atoms with Crippen molar-refractivity contribution < 1.29 is 17.0 Å². The molecule has 0 aliphatic carbocycles. The molecule has 4 heteroatoms. The first-order chi connectivity index (χ1) is 4.20. The molecule has 0 saturated heterocycles. The normalized spacial score (nSPS) is 12.3. The Morgan fingerprint density at radius 2 is 2.20 bits per heavy atom. The molecule has 10 heavy (non-hydrogen) atoms. The van der Waals surface area contributed by atoms with E-state index in [1.165, 1.54) is 0 Å². The summed E-state index contributed by atoms with van der Waals surface area (Å²) in [7, 11) is 1.97. The highest BCUT2D eigenvalue weighted by molar-refractivity contribution is 6.18. The summed E-state index contributed by atoms with van der Waals surface area (Å²) in [6.07, 6.45) is 5.84. The van der Waals surface area contributed by atoms with Crippen LogP contribution >= 0.6 is 11.6 Å². The molecule has 1 atom stereocenters. The van der Waals surface area contributed by atoms with Gasteiger partial charge in [-0.3, -0.25) is 0 Å². The first-order valence-electron chi connectivity index (χ1n) is 2.87. The van der Waals surface area contributed by atoms with Crippen LogP contribution in [0.2, 0.25) is 0 Å². The molecule has 1 unspecified atom stereocenters. The minimum Gasteiger partial charge on any atom is -1.00 e. The summed E-state index contributed by atoms with van der Waals surface area (Å²) in [6.45, 7) is 1.93. The monoisotopic (exact) mass is 180 g/mol. The minimum atomic E-state index is 0. The van der Waals surface area contributed by atoms with E-state index in [1.54, 1.807) is 0 Å². The Morgan fingerprint density at radius 1 is 1.60 bits per heavy atom. The van der Waals surface area contributed by atoms with Crippen LogP contribution in [0.3, 0.4) is 0 Å². The van der Waals surface area contributed by atoms with E-state index in [9.17, 15) is 0 Å². The van der Waals surface area contributed by atoms with Gasteiger partial charge in [0.2, 0.25) is 6.33 Å². The van der Waals surface area contributed by atoms with Gasteiger partial charge < -0.3 is 12.4 Å². The summed E-state index contributed by atoms with van der Waals surface area (Å²) in [5.41, 5.74) is 0.0474. The average molecular weight is 181 g/mol. The van der Waals surface area contributed by atoms with Gasteiger partial charge in [0.15, 0.2) is 5.50 Å². The van der Waals surface area contributed by atoms with E-state index in [-0.39, 0.29) is 17.9 Å². The van der Waals surface area contributed by atoms with Crippen LogP contribution in [0.15, 0.2) is 18.7 Å². The van der Waals surface area contributed by atoms with E-state index in [1.807, 2.05) is 41.8 Å². The number of hydrogen-bond acceptors (Lipinski definition) is 0. The first-order valence-corrected chi connectivity index (χ1v) is 3.30. The average Bonchev–Trinajstić information content (AvgIpc) is 2.14. The third-order valence-corrected chi connectivity index (χ3v) is 1.43. The molecule has 0 spiro atoms. The SMILES string of the molecule is CC(Cl)n1cc[n+](C)c1.[Cl-]. The highest BCUT2D eigenvalue weighted by Gasteiger charge is 2.03. The van der Waals surface area contributed by atoms with Crippen molar-refractivity contribution in [2.24, 2.45) is 7.05 Å². The van der Waals surface area contributed by atoms with Gasteiger partial charge in [0.1, 0.15) is 12.4 Å². The molecular formula is C6H10Cl2N2. The maximum absolute atomic E-state index is 5.77. The summed E-state index contributed by atoms with van der Waals surface area (Å²) in [5, 5.41) is 0. The smallest absolute Gasteiger partial charge is 0.244 e. The Morgan fingerprint density at radius 3 is 2.40 bits per heavy atom.